The third kappa shape index (κ3) is 3.50. The van der Waals surface area contributed by atoms with Gasteiger partial charge in [-0.1, -0.05) is 12.1 Å². The van der Waals surface area contributed by atoms with Gasteiger partial charge in [-0.3, -0.25) is 4.79 Å². The molecule has 2 bridgehead atoms. The molecular weight excluding hydrogens is 288 g/mol. The summed E-state index contributed by atoms with van der Waals surface area (Å²) in [7, 11) is 1.65. The Kier molecular flexibility index (Phi) is 5.48. The SMILES string of the molecule is COc1ccc(CC(=O)N2C3CCNCC2CC3)cc1.Cl. The van der Waals surface area contributed by atoms with Crippen LogP contribution in [0.3, 0.4) is 0 Å². The monoisotopic (exact) mass is 310 g/mol. The van der Waals surface area contributed by atoms with Gasteiger partial charge in [-0.15, -0.1) is 12.4 Å². The summed E-state index contributed by atoms with van der Waals surface area (Å²) in [4.78, 5) is 14.7. The average Bonchev–Trinajstić information content (AvgIpc) is 2.73. The van der Waals surface area contributed by atoms with Gasteiger partial charge in [-0.25, -0.2) is 0 Å². The number of rotatable bonds is 3. The number of nitrogens with one attached hydrogen (secondary N) is 1. The van der Waals surface area contributed by atoms with Crippen molar-refractivity contribution in [3.05, 3.63) is 29.8 Å². The van der Waals surface area contributed by atoms with E-state index in [4.69, 9.17) is 4.74 Å². The molecule has 3 rings (SSSR count). The molecule has 0 aromatic heterocycles. The zero-order chi connectivity index (χ0) is 13.9. The van der Waals surface area contributed by atoms with E-state index in [2.05, 4.69) is 10.2 Å². The number of carbonyl (C=O) groups excluding carboxylic acids is 1. The molecular formula is C16H23ClN2O2. The van der Waals surface area contributed by atoms with E-state index in [0.29, 0.717) is 18.5 Å². The Labute approximate surface area is 132 Å². The van der Waals surface area contributed by atoms with E-state index in [1.807, 2.05) is 24.3 Å². The van der Waals surface area contributed by atoms with Crippen molar-refractivity contribution in [2.75, 3.05) is 20.2 Å². The van der Waals surface area contributed by atoms with Crippen molar-refractivity contribution in [1.82, 2.24) is 10.2 Å². The molecule has 0 aliphatic carbocycles. The molecule has 0 radical (unpaired) electrons. The Balaban J connectivity index is 0.00000161. The highest BCUT2D eigenvalue weighted by atomic mass is 35.5. The van der Waals surface area contributed by atoms with Gasteiger partial charge in [-0.05, 0) is 43.5 Å². The van der Waals surface area contributed by atoms with Gasteiger partial charge < -0.3 is 15.0 Å². The number of ether oxygens (including phenoxy) is 1. The second-order valence-corrected chi connectivity index (χ2v) is 5.70. The summed E-state index contributed by atoms with van der Waals surface area (Å²) in [5, 5.41) is 3.43. The highest BCUT2D eigenvalue weighted by Gasteiger charge is 2.37. The van der Waals surface area contributed by atoms with Crippen molar-refractivity contribution >= 4 is 18.3 Å². The molecule has 1 aromatic rings. The second kappa shape index (κ2) is 7.14. The van der Waals surface area contributed by atoms with Gasteiger partial charge in [-0.2, -0.15) is 0 Å². The number of nitrogens with zero attached hydrogens (tertiary/aromatic N) is 1. The first-order valence-corrected chi connectivity index (χ1v) is 7.43. The van der Waals surface area contributed by atoms with Gasteiger partial charge >= 0.3 is 0 Å². The average molecular weight is 311 g/mol. The molecule has 1 aromatic carbocycles. The van der Waals surface area contributed by atoms with Crippen LogP contribution in [0.5, 0.6) is 5.75 Å². The van der Waals surface area contributed by atoms with E-state index < -0.39 is 0 Å². The van der Waals surface area contributed by atoms with Crippen LogP contribution >= 0.6 is 12.4 Å². The Morgan fingerprint density at radius 2 is 1.95 bits per heavy atom. The molecule has 21 heavy (non-hydrogen) atoms. The third-order valence-electron chi connectivity index (χ3n) is 4.46. The van der Waals surface area contributed by atoms with Crippen molar-refractivity contribution in [3.63, 3.8) is 0 Å². The molecule has 4 nitrogen and oxygen atoms in total. The third-order valence-corrected chi connectivity index (χ3v) is 4.46. The Morgan fingerprint density at radius 3 is 2.67 bits per heavy atom. The molecule has 116 valence electrons. The fraction of sp³-hybridized carbons (Fsp3) is 0.562. The number of carbonyl (C=O) groups is 1. The summed E-state index contributed by atoms with van der Waals surface area (Å²) < 4.78 is 5.15. The zero-order valence-corrected chi connectivity index (χ0v) is 13.2. The summed E-state index contributed by atoms with van der Waals surface area (Å²) in [6.07, 6.45) is 3.90. The van der Waals surface area contributed by atoms with E-state index in [1.165, 1.54) is 6.42 Å². The van der Waals surface area contributed by atoms with Crippen LogP contribution in [0, 0.1) is 0 Å². The first-order valence-electron chi connectivity index (χ1n) is 7.43. The van der Waals surface area contributed by atoms with Crippen molar-refractivity contribution in [2.45, 2.75) is 37.8 Å². The fourth-order valence-corrected chi connectivity index (χ4v) is 3.40. The minimum Gasteiger partial charge on any atom is -0.497 e. The normalized spacial score (nSPS) is 24.1. The maximum absolute atomic E-state index is 12.6. The quantitative estimate of drug-likeness (QED) is 0.928. The largest absolute Gasteiger partial charge is 0.497 e. The minimum absolute atomic E-state index is 0. The van der Waals surface area contributed by atoms with E-state index in [1.54, 1.807) is 7.11 Å². The lowest BCUT2D eigenvalue weighted by Crippen LogP contribution is -2.43. The van der Waals surface area contributed by atoms with Crippen LogP contribution in [0.25, 0.3) is 0 Å². The topological polar surface area (TPSA) is 41.6 Å². The lowest BCUT2D eigenvalue weighted by atomic mass is 10.1. The fourth-order valence-electron chi connectivity index (χ4n) is 3.40. The molecule has 2 atom stereocenters. The van der Waals surface area contributed by atoms with Gasteiger partial charge in [0, 0.05) is 18.6 Å². The first-order chi connectivity index (χ1) is 9.78. The van der Waals surface area contributed by atoms with Crippen LogP contribution in [0.2, 0.25) is 0 Å². The van der Waals surface area contributed by atoms with E-state index >= 15 is 0 Å². The maximum atomic E-state index is 12.6. The van der Waals surface area contributed by atoms with Crippen LogP contribution < -0.4 is 10.1 Å². The molecule has 2 heterocycles. The molecule has 0 spiro atoms. The van der Waals surface area contributed by atoms with Crippen LogP contribution in [0.15, 0.2) is 24.3 Å². The lowest BCUT2D eigenvalue weighted by Gasteiger charge is -2.28. The molecule has 2 fully saturated rings. The van der Waals surface area contributed by atoms with E-state index in [-0.39, 0.29) is 18.3 Å². The van der Waals surface area contributed by atoms with E-state index in [9.17, 15) is 4.79 Å². The number of hydrogen-bond acceptors (Lipinski definition) is 3. The molecule has 0 saturated carbocycles. The van der Waals surface area contributed by atoms with Gasteiger partial charge in [0.05, 0.1) is 13.5 Å². The van der Waals surface area contributed by atoms with Crippen molar-refractivity contribution in [2.24, 2.45) is 0 Å². The van der Waals surface area contributed by atoms with Crippen molar-refractivity contribution < 1.29 is 9.53 Å². The predicted molar refractivity (Wildman–Crippen MR) is 85.1 cm³/mol. The van der Waals surface area contributed by atoms with Gasteiger partial charge in [0.1, 0.15) is 5.75 Å². The first kappa shape index (κ1) is 16.1. The molecule has 1 N–H and O–H groups in total. The minimum atomic E-state index is 0. The molecule has 5 heteroatoms. The van der Waals surface area contributed by atoms with Gasteiger partial charge in [0.25, 0.3) is 0 Å². The van der Waals surface area contributed by atoms with Crippen molar-refractivity contribution in [3.8, 4) is 5.75 Å². The number of amides is 1. The van der Waals surface area contributed by atoms with Crippen LogP contribution in [0.4, 0.5) is 0 Å². The number of hydrogen-bond donors (Lipinski definition) is 1. The van der Waals surface area contributed by atoms with Gasteiger partial charge in [0.2, 0.25) is 5.91 Å². The maximum Gasteiger partial charge on any atom is 0.227 e. The van der Waals surface area contributed by atoms with Crippen LogP contribution in [-0.2, 0) is 11.2 Å². The van der Waals surface area contributed by atoms with Crippen LogP contribution in [-0.4, -0.2) is 43.1 Å². The standard InChI is InChI=1S/C16H22N2O2.ClH/c1-20-15-6-2-12(3-7-15)10-16(19)18-13-4-5-14(18)11-17-9-8-13;/h2-3,6-7,13-14,17H,4-5,8-11H2,1H3;1H. The summed E-state index contributed by atoms with van der Waals surface area (Å²) in [6.45, 7) is 1.98. The lowest BCUT2D eigenvalue weighted by molar-refractivity contribution is -0.133. The Morgan fingerprint density at radius 1 is 1.24 bits per heavy atom. The molecule has 2 saturated heterocycles. The summed E-state index contributed by atoms with van der Waals surface area (Å²) in [6, 6.07) is 8.64. The van der Waals surface area contributed by atoms with Gasteiger partial charge in [0.15, 0.2) is 0 Å². The van der Waals surface area contributed by atoms with E-state index in [0.717, 1.165) is 37.2 Å². The summed E-state index contributed by atoms with van der Waals surface area (Å²) in [5.74, 6) is 1.10. The number of halogens is 1. The van der Waals surface area contributed by atoms with Crippen molar-refractivity contribution in [1.29, 1.82) is 0 Å². The highest BCUT2D eigenvalue weighted by molar-refractivity contribution is 5.85. The smallest absolute Gasteiger partial charge is 0.227 e. The summed E-state index contributed by atoms with van der Waals surface area (Å²) in [5.41, 5.74) is 1.06. The summed E-state index contributed by atoms with van der Waals surface area (Å²) >= 11 is 0. The van der Waals surface area contributed by atoms with Crippen LogP contribution in [0.1, 0.15) is 24.8 Å². The predicted octanol–water partition coefficient (Wildman–Crippen LogP) is 2.01. The Hall–Kier alpha value is -1.26. The second-order valence-electron chi connectivity index (χ2n) is 5.70. The molecule has 2 unspecified atom stereocenters. The molecule has 2 aliphatic rings. The number of benzene rings is 1. The zero-order valence-electron chi connectivity index (χ0n) is 12.4. The highest BCUT2D eigenvalue weighted by Crippen LogP contribution is 2.28. The molecule has 2 aliphatic heterocycles. The molecule has 1 amide bonds. The number of methoxy groups -OCH3 is 1. The Bertz CT molecular complexity index is 464. The number of fused-ring (bicyclic) bond motifs is 2.